The van der Waals surface area contributed by atoms with Gasteiger partial charge in [0.2, 0.25) is 0 Å². The minimum Gasteiger partial charge on any atom is -0.393 e. The number of carbonyl (C=O) groups is 1. The molecule has 4 rings (SSSR count). The summed E-state index contributed by atoms with van der Waals surface area (Å²) in [7, 11) is 0. The van der Waals surface area contributed by atoms with Crippen molar-refractivity contribution in [3.05, 3.63) is 23.8 Å². The molecule has 142 valence electrons. The van der Waals surface area contributed by atoms with Gasteiger partial charge in [-0.1, -0.05) is 32.4 Å². The van der Waals surface area contributed by atoms with Crippen molar-refractivity contribution >= 4 is 11.5 Å². The lowest BCUT2D eigenvalue weighted by molar-refractivity contribution is -0.180. The first-order valence-electron chi connectivity index (χ1n) is 9.96. The Balaban J connectivity index is 1.79. The number of hydrogen-bond acceptors (Lipinski definition) is 4. The van der Waals surface area contributed by atoms with Gasteiger partial charge in [-0.15, -0.1) is 0 Å². The van der Waals surface area contributed by atoms with Gasteiger partial charge >= 0.3 is 0 Å². The maximum Gasteiger partial charge on any atom is 0.162 e. The summed E-state index contributed by atoms with van der Waals surface area (Å²) in [4.78, 5) is 12.5. The van der Waals surface area contributed by atoms with E-state index < -0.39 is 17.1 Å². The number of fused-ring (bicyclic) bond motifs is 5. The van der Waals surface area contributed by atoms with Gasteiger partial charge in [0.25, 0.3) is 0 Å². The third-order valence-corrected chi connectivity index (χ3v) is 8.64. The lowest BCUT2D eigenvalue weighted by atomic mass is 9.46. The van der Waals surface area contributed by atoms with E-state index in [0.717, 1.165) is 19.3 Å². The number of hydrogen-bond donors (Lipinski definition) is 3. The van der Waals surface area contributed by atoms with Crippen LogP contribution in [0.3, 0.4) is 0 Å². The summed E-state index contributed by atoms with van der Waals surface area (Å²) in [5.74, 6) is 0.382. The second-order valence-electron chi connectivity index (χ2n) is 9.72. The molecule has 4 heteroatoms. The van der Waals surface area contributed by atoms with Gasteiger partial charge in [0.1, 0.15) is 5.60 Å². The maximum atomic E-state index is 12.5. The van der Waals surface area contributed by atoms with E-state index in [1.54, 1.807) is 0 Å². The van der Waals surface area contributed by atoms with E-state index in [4.69, 9.17) is 5.41 Å². The van der Waals surface area contributed by atoms with Gasteiger partial charge in [-0.05, 0) is 62.5 Å². The minimum absolute atomic E-state index is 0.0826. The number of nitrogens with one attached hydrogen (secondary N) is 1. The Hall–Kier alpha value is -1.26. The summed E-state index contributed by atoms with van der Waals surface area (Å²) in [6, 6.07) is 0. The molecule has 0 aliphatic heterocycles. The Bertz CT molecular complexity index is 740. The molecule has 4 nitrogen and oxygen atoms in total. The zero-order chi connectivity index (χ0) is 19.1. The molecule has 0 bridgehead atoms. The summed E-state index contributed by atoms with van der Waals surface area (Å²) >= 11 is 0. The van der Waals surface area contributed by atoms with Crippen LogP contribution >= 0.6 is 0 Å². The predicted octanol–water partition coefficient (Wildman–Crippen LogP) is 3.28. The van der Waals surface area contributed by atoms with Crippen LogP contribution < -0.4 is 0 Å². The van der Waals surface area contributed by atoms with Crippen LogP contribution in [0.5, 0.6) is 0 Å². The Kier molecular flexibility index (Phi) is 3.75. The van der Waals surface area contributed by atoms with Gasteiger partial charge < -0.3 is 15.6 Å². The highest BCUT2D eigenvalue weighted by Crippen LogP contribution is 2.68. The summed E-state index contributed by atoms with van der Waals surface area (Å²) in [6.07, 6.45) is 8.59. The quantitative estimate of drug-likeness (QED) is 0.673. The molecule has 3 fully saturated rings. The highest BCUT2D eigenvalue weighted by Gasteiger charge is 2.69. The Morgan fingerprint density at radius 3 is 2.69 bits per heavy atom. The highest BCUT2D eigenvalue weighted by molar-refractivity contribution is 6.03. The zero-order valence-electron chi connectivity index (χ0n) is 16.2. The second-order valence-corrected chi connectivity index (χ2v) is 9.72. The third kappa shape index (κ3) is 1.98. The fourth-order valence-corrected chi connectivity index (χ4v) is 7.43. The molecule has 4 aliphatic rings. The van der Waals surface area contributed by atoms with Crippen LogP contribution in [0.1, 0.15) is 53.4 Å². The van der Waals surface area contributed by atoms with Crippen molar-refractivity contribution < 1.29 is 15.0 Å². The van der Waals surface area contributed by atoms with E-state index in [0.29, 0.717) is 18.1 Å². The van der Waals surface area contributed by atoms with Crippen LogP contribution in [0.15, 0.2) is 23.8 Å². The van der Waals surface area contributed by atoms with Crippen molar-refractivity contribution in [3.8, 4) is 0 Å². The lowest BCUT2D eigenvalue weighted by Crippen LogP contribution is -2.61. The zero-order valence-corrected chi connectivity index (χ0v) is 16.2. The Morgan fingerprint density at radius 2 is 2.04 bits per heavy atom. The van der Waals surface area contributed by atoms with Crippen molar-refractivity contribution in [3.63, 3.8) is 0 Å². The summed E-state index contributed by atoms with van der Waals surface area (Å²) in [5.41, 5.74) is -0.352. The fraction of sp³-hybridized carbons (Fsp3) is 0.727. The first-order chi connectivity index (χ1) is 12.1. The van der Waals surface area contributed by atoms with E-state index in [9.17, 15) is 15.0 Å². The van der Waals surface area contributed by atoms with Crippen LogP contribution in [0.2, 0.25) is 0 Å². The molecule has 3 saturated carbocycles. The van der Waals surface area contributed by atoms with Crippen LogP contribution in [-0.2, 0) is 4.79 Å². The molecule has 26 heavy (non-hydrogen) atoms. The molecular weight excluding hydrogens is 326 g/mol. The van der Waals surface area contributed by atoms with Crippen LogP contribution in [0, 0.1) is 39.9 Å². The molecule has 4 aliphatic carbocycles. The summed E-state index contributed by atoms with van der Waals surface area (Å²) in [6.45, 7) is 7.72. The Labute approximate surface area is 155 Å². The molecule has 0 aromatic heterocycles. The van der Waals surface area contributed by atoms with E-state index >= 15 is 0 Å². The molecule has 3 N–H and O–H groups in total. The van der Waals surface area contributed by atoms with Crippen LogP contribution in [-0.4, -0.2) is 33.4 Å². The normalized spacial score (nSPS) is 52.8. The standard InChI is InChI=1S/C22H31NO3/c1-12-9-17-16-6-5-14-10-15(23)7-8-20(14,3)19(16)18(25)11-21(17,4)22(12,26)13(2)24/h7-8,10,12,16-19,23,25-26H,5-6,9,11H2,1-4H3/t12?,16?,17?,18?,19?,20?,21?,22-/m0/s1. The van der Waals surface area contributed by atoms with Crippen molar-refractivity contribution in [2.75, 3.05) is 0 Å². The number of Topliss-reactive ketones (excluding diaryl/α,β-unsaturated/α-hetero) is 1. The number of aliphatic hydroxyl groups excluding tert-OH is 1. The average molecular weight is 357 g/mol. The molecule has 0 amide bonds. The van der Waals surface area contributed by atoms with E-state index in [1.807, 2.05) is 26.0 Å². The monoisotopic (exact) mass is 357 g/mol. The number of ketones is 1. The number of allylic oxidation sites excluding steroid dienone is 4. The van der Waals surface area contributed by atoms with Crippen LogP contribution in [0.4, 0.5) is 0 Å². The van der Waals surface area contributed by atoms with Crippen molar-refractivity contribution in [1.29, 1.82) is 5.41 Å². The van der Waals surface area contributed by atoms with Crippen molar-refractivity contribution in [1.82, 2.24) is 0 Å². The van der Waals surface area contributed by atoms with E-state index in [1.165, 1.54) is 12.5 Å². The molecule has 0 radical (unpaired) electrons. The SMILES string of the molecule is CC(=O)[C@@]1(O)C(C)CC2C3CCC4=CC(=N)C=CC4(C)C3C(O)CC21C. The summed E-state index contributed by atoms with van der Waals surface area (Å²) < 4.78 is 0. The van der Waals surface area contributed by atoms with Gasteiger partial charge in [-0.3, -0.25) is 4.79 Å². The minimum atomic E-state index is -1.34. The number of aliphatic hydroxyl groups is 2. The van der Waals surface area contributed by atoms with Gasteiger partial charge in [0.15, 0.2) is 5.78 Å². The van der Waals surface area contributed by atoms with Gasteiger partial charge in [-0.25, -0.2) is 0 Å². The molecular formula is C22H31NO3. The van der Waals surface area contributed by atoms with Gasteiger partial charge in [0, 0.05) is 16.7 Å². The van der Waals surface area contributed by atoms with Crippen molar-refractivity contribution in [2.24, 2.45) is 34.5 Å². The highest BCUT2D eigenvalue weighted by atomic mass is 16.3. The first kappa shape index (κ1) is 18.1. The van der Waals surface area contributed by atoms with E-state index in [2.05, 4.69) is 13.0 Å². The first-order valence-corrected chi connectivity index (χ1v) is 9.96. The predicted molar refractivity (Wildman–Crippen MR) is 101 cm³/mol. The van der Waals surface area contributed by atoms with E-state index in [-0.39, 0.29) is 29.0 Å². The van der Waals surface area contributed by atoms with Gasteiger partial charge in [0.05, 0.1) is 11.8 Å². The van der Waals surface area contributed by atoms with Crippen LogP contribution in [0.25, 0.3) is 0 Å². The Morgan fingerprint density at radius 1 is 1.35 bits per heavy atom. The maximum absolute atomic E-state index is 12.5. The smallest absolute Gasteiger partial charge is 0.162 e. The second kappa shape index (κ2) is 5.39. The fourth-order valence-electron chi connectivity index (χ4n) is 7.43. The molecule has 0 spiro atoms. The van der Waals surface area contributed by atoms with Gasteiger partial charge in [-0.2, -0.15) is 0 Å². The number of carbonyl (C=O) groups excluding carboxylic acids is 1. The summed E-state index contributed by atoms with van der Waals surface area (Å²) in [5, 5.41) is 30.6. The largest absolute Gasteiger partial charge is 0.393 e. The number of rotatable bonds is 1. The molecule has 0 heterocycles. The molecule has 0 aromatic rings. The van der Waals surface area contributed by atoms with Crippen molar-refractivity contribution in [2.45, 2.75) is 65.1 Å². The third-order valence-electron chi connectivity index (χ3n) is 8.64. The molecule has 0 aromatic carbocycles. The lowest BCUT2D eigenvalue weighted by Gasteiger charge is -2.59. The topological polar surface area (TPSA) is 81.4 Å². The molecule has 7 unspecified atom stereocenters. The molecule has 0 saturated heterocycles. The molecule has 8 atom stereocenters. The average Bonchev–Trinajstić information content (AvgIpc) is 2.76.